The average molecular weight is 237 g/mol. The lowest BCUT2D eigenvalue weighted by Gasteiger charge is -2.03. The van der Waals surface area contributed by atoms with Gasteiger partial charge in [-0.05, 0) is 37.5 Å². The van der Waals surface area contributed by atoms with Crippen molar-refractivity contribution in [2.24, 2.45) is 0 Å². The maximum atomic E-state index is 13.1. The van der Waals surface area contributed by atoms with E-state index in [9.17, 15) is 4.39 Å². The van der Waals surface area contributed by atoms with Crippen LogP contribution in [0.15, 0.2) is 24.3 Å². The van der Waals surface area contributed by atoms with Gasteiger partial charge in [0, 0.05) is 5.56 Å². The number of fused-ring (bicyclic) bond motifs is 1. The third-order valence-electron chi connectivity index (χ3n) is 2.90. The van der Waals surface area contributed by atoms with Crippen molar-refractivity contribution in [2.75, 3.05) is 0 Å². The van der Waals surface area contributed by atoms with Gasteiger partial charge >= 0.3 is 0 Å². The highest BCUT2D eigenvalue weighted by Crippen LogP contribution is 2.30. The molecule has 0 amide bonds. The third kappa shape index (κ3) is 1.43. The largest absolute Gasteiger partial charge is 0.222 e. The first-order valence-corrected chi connectivity index (χ1v) is 5.66. The van der Waals surface area contributed by atoms with E-state index in [4.69, 9.17) is 11.6 Å². The second-order valence-electron chi connectivity index (χ2n) is 3.96. The van der Waals surface area contributed by atoms with Crippen LogP contribution in [-0.4, -0.2) is 9.78 Å². The standard InChI is InChI=1S/C12H10ClFN2/c13-12-10-5-2-6-11(10)15-16(12)9-4-1-3-8(14)7-9/h1,3-4,7H,2,5-6H2. The van der Waals surface area contributed by atoms with Crippen molar-refractivity contribution < 1.29 is 4.39 Å². The van der Waals surface area contributed by atoms with Crippen molar-refractivity contribution in [3.8, 4) is 5.69 Å². The summed E-state index contributed by atoms with van der Waals surface area (Å²) in [6, 6.07) is 6.31. The number of aryl methyl sites for hydroxylation is 1. The molecule has 1 aliphatic carbocycles. The van der Waals surface area contributed by atoms with Gasteiger partial charge in [-0.15, -0.1) is 0 Å². The molecule has 4 heteroatoms. The molecule has 2 nitrogen and oxygen atoms in total. The molecule has 0 saturated heterocycles. The Morgan fingerprint density at radius 2 is 2.19 bits per heavy atom. The van der Waals surface area contributed by atoms with Gasteiger partial charge < -0.3 is 0 Å². The van der Waals surface area contributed by atoms with Crippen molar-refractivity contribution in [2.45, 2.75) is 19.3 Å². The summed E-state index contributed by atoms with van der Waals surface area (Å²) < 4.78 is 14.7. The minimum absolute atomic E-state index is 0.274. The van der Waals surface area contributed by atoms with Crippen LogP contribution in [0.3, 0.4) is 0 Å². The summed E-state index contributed by atoms with van der Waals surface area (Å²) in [6.07, 6.45) is 3.06. The SMILES string of the molecule is Fc1cccc(-n2nc3c(c2Cl)CCC3)c1. The fourth-order valence-corrected chi connectivity index (χ4v) is 2.47. The molecule has 0 unspecified atom stereocenters. The van der Waals surface area contributed by atoms with Gasteiger partial charge in [-0.1, -0.05) is 17.7 Å². The summed E-state index contributed by atoms with van der Waals surface area (Å²) in [5.74, 6) is -0.274. The van der Waals surface area contributed by atoms with Crippen LogP contribution in [0.2, 0.25) is 5.15 Å². The third-order valence-corrected chi connectivity index (χ3v) is 3.29. The molecule has 82 valence electrons. The molecular weight excluding hydrogens is 227 g/mol. The van der Waals surface area contributed by atoms with E-state index < -0.39 is 0 Å². The first-order chi connectivity index (χ1) is 7.75. The van der Waals surface area contributed by atoms with Gasteiger partial charge in [-0.2, -0.15) is 5.10 Å². The average Bonchev–Trinajstić information content (AvgIpc) is 2.82. The van der Waals surface area contributed by atoms with E-state index in [1.54, 1.807) is 16.8 Å². The number of benzene rings is 1. The zero-order chi connectivity index (χ0) is 11.1. The highest BCUT2D eigenvalue weighted by molar-refractivity contribution is 6.30. The zero-order valence-corrected chi connectivity index (χ0v) is 9.34. The molecule has 2 aromatic rings. The second-order valence-corrected chi connectivity index (χ2v) is 4.32. The summed E-state index contributed by atoms with van der Waals surface area (Å²) in [5.41, 5.74) is 2.85. The monoisotopic (exact) mass is 236 g/mol. The molecule has 0 spiro atoms. The lowest BCUT2D eigenvalue weighted by atomic mass is 10.3. The second kappa shape index (κ2) is 3.59. The lowest BCUT2D eigenvalue weighted by molar-refractivity contribution is 0.625. The normalized spacial score (nSPS) is 14.1. The van der Waals surface area contributed by atoms with Gasteiger partial charge in [0.2, 0.25) is 0 Å². The summed E-state index contributed by atoms with van der Waals surface area (Å²) in [6.45, 7) is 0. The van der Waals surface area contributed by atoms with Gasteiger partial charge in [0.1, 0.15) is 11.0 Å². The van der Waals surface area contributed by atoms with Crippen molar-refractivity contribution in [3.63, 3.8) is 0 Å². The van der Waals surface area contributed by atoms with E-state index in [-0.39, 0.29) is 5.82 Å². The Labute approximate surface area is 97.7 Å². The van der Waals surface area contributed by atoms with Crippen LogP contribution in [-0.2, 0) is 12.8 Å². The van der Waals surface area contributed by atoms with E-state index >= 15 is 0 Å². The molecule has 1 aliphatic rings. The molecular formula is C12H10ClFN2. The first kappa shape index (κ1) is 9.85. The van der Waals surface area contributed by atoms with E-state index in [1.165, 1.54) is 12.1 Å². The van der Waals surface area contributed by atoms with Crippen LogP contribution >= 0.6 is 11.6 Å². The van der Waals surface area contributed by atoms with E-state index in [0.29, 0.717) is 10.8 Å². The Kier molecular flexibility index (Phi) is 2.21. The highest BCUT2D eigenvalue weighted by Gasteiger charge is 2.21. The highest BCUT2D eigenvalue weighted by atomic mass is 35.5. The number of hydrogen-bond donors (Lipinski definition) is 0. The molecule has 3 rings (SSSR count). The van der Waals surface area contributed by atoms with Crippen molar-refractivity contribution >= 4 is 11.6 Å². The van der Waals surface area contributed by atoms with Crippen molar-refractivity contribution in [1.82, 2.24) is 9.78 Å². The molecule has 0 atom stereocenters. The van der Waals surface area contributed by atoms with Crippen LogP contribution in [0.1, 0.15) is 17.7 Å². The van der Waals surface area contributed by atoms with Crippen LogP contribution < -0.4 is 0 Å². The minimum Gasteiger partial charge on any atom is -0.222 e. The number of rotatable bonds is 1. The topological polar surface area (TPSA) is 17.8 Å². The van der Waals surface area contributed by atoms with Crippen molar-refractivity contribution in [3.05, 3.63) is 46.5 Å². The summed E-state index contributed by atoms with van der Waals surface area (Å²) in [5, 5.41) is 5.04. The van der Waals surface area contributed by atoms with Gasteiger partial charge in [0.25, 0.3) is 0 Å². The number of halogens is 2. The predicted molar refractivity (Wildman–Crippen MR) is 60.6 cm³/mol. The molecule has 0 N–H and O–H groups in total. The van der Waals surface area contributed by atoms with E-state index in [1.807, 2.05) is 0 Å². The maximum absolute atomic E-state index is 13.1. The maximum Gasteiger partial charge on any atom is 0.136 e. The number of nitrogens with zero attached hydrogens (tertiary/aromatic N) is 2. The van der Waals surface area contributed by atoms with E-state index in [2.05, 4.69) is 5.10 Å². The summed E-state index contributed by atoms with van der Waals surface area (Å²) in [7, 11) is 0. The molecule has 0 radical (unpaired) electrons. The van der Waals surface area contributed by atoms with Crippen LogP contribution in [0.4, 0.5) is 4.39 Å². The molecule has 0 bridgehead atoms. The molecule has 0 fully saturated rings. The van der Waals surface area contributed by atoms with Gasteiger partial charge in [-0.3, -0.25) is 0 Å². The van der Waals surface area contributed by atoms with Crippen LogP contribution in [0.5, 0.6) is 0 Å². The zero-order valence-electron chi connectivity index (χ0n) is 8.58. The molecule has 1 aromatic heterocycles. The molecule has 0 aliphatic heterocycles. The number of hydrogen-bond acceptors (Lipinski definition) is 1. The Hall–Kier alpha value is -1.35. The Bertz CT molecular complexity index is 548. The predicted octanol–water partition coefficient (Wildman–Crippen LogP) is 3.15. The van der Waals surface area contributed by atoms with Crippen LogP contribution in [0, 0.1) is 5.82 Å². The van der Waals surface area contributed by atoms with Gasteiger partial charge in [0.15, 0.2) is 0 Å². The van der Waals surface area contributed by atoms with Crippen LogP contribution in [0.25, 0.3) is 5.69 Å². The fourth-order valence-electron chi connectivity index (χ4n) is 2.13. The Morgan fingerprint density at radius 1 is 1.31 bits per heavy atom. The smallest absolute Gasteiger partial charge is 0.136 e. The number of aromatic nitrogens is 2. The summed E-state index contributed by atoms with van der Waals surface area (Å²) >= 11 is 6.23. The molecule has 0 saturated carbocycles. The fraction of sp³-hybridized carbons (Fsp3) is 0.250. The summed E-state index contributed by atoms with van der Waals surface area (Å²) in [4.78, 5) is 0. The molecule has 1 heterocycles. The van der Waals surface area contributed by atoms with Gasteiger partial charge in [-0.25, -0.2) is 9.07 Å². The quantitative estimate of drug-likeness (QED) is 0.744. The Balaban J connectivity index is 2.14. The van der Waals surface area contributed by atoms with Crippen molar-refractivity contribution in [1.29, 1.82) is 0 Å². The first-order valence-electron chi connectivity index (χ1n) is 5.28. The molecule has 1 aromatic carbocycles. The minimum atomic E-state index is -0.274. The Morgan fingerprint density at radius 3 is 2.94 bits per heavy atom. The molecule has 16 heavy (non-hydrogen) atoms. The van der Waals surface area contributed by atoms with Gasteiger partial charge in [0.05, 0.1) is 11.4 Å². The van der Waals surface area contributed by atoms with E-state index in [0.717, 1.165) is 30.5 Å². The lowest BCUT2D eigenvalue weighted by Crippen LogP contribution is -1.98.